The summed E-state index contributed by atoms with van der Waals surface area (Å²) >= 11 is 0. The Labute approximate surface area is 157 Å². The average Bonchev–Trinajstić information content (AvgIpc) is 3.34. The summed E-state index contributed by atoms with van der Waals surface area (Å²) in [5.74, 6) is 0. The fourth-order valence-corrected chi connectivity index (χ4v) is 4.91. The summed E-state index contributed by atoms with van der Waals surface area (Å²) in [5.41, 5.74) is 1.26. The summed E-state index contributed by atoms with van der Waals surface area (Å²) in [6.07, 6.45) is 1.79. The van der Waals surface area contributed by atoms with Crippen LogP contribution >= 0.6 is 0 Å². The SMILES string of the molecule is O=c1nnc2c1c1c3ccccc3c3ccccc4c5cccnc5c2c4c31. The number of benzene rings is 2. The van der Waals surface area contributed by atoms with Crippen LogP contribution in [0.3, 0.4) is 0 Å². The number of hydrogen-bond acceptors (Lipinski definition) is 4. The first-order chi connectivity index (χ1) is 13.8. The van der Waals surface area contributed by atoms with E-state index < -0.39 is 0 Å². The molecule has 0 aliphatic heterocycles. The van der Waals surface area contributed by atoms with E-state index in [4.69, 9.17) is 0 Å². The predicted octanol–water partition coefficient (Wildman–Crippen LogP) is 5.03. The van der Waals surface area contributed by atoms with E-state index >= 15 is 0 Å². The number of pyridine rings is 1. The summed E-state index contributed by atoms with van der Waals surface area (Å²) in [6.45, 7) is 0. The maximum absolute atomic E-state index is 12.8. The summed E-state index contributed by atoms with van der Waals surface area (Å²) in [4.78, 5) is 17.4. The van der Waals surface area contributed by atoms with Crippen LogP contribution in [0.1, 0.15) is 0 Å². The van der Waals surface area contributed by atoms with Crippen molar-refractivity contribution in [1.29, 1.82) is 0 Å². The molecule has 4 heteroatoms. The minimum atomic E-state index is -0.271. The summed E-state index contributed by atoms with van der Waals surface area (Å²) in [6, 6.07) is 20.7. The highest BCUT2D eigenvalue weighted by molar-refractivity contribution is 6.46. The van der Waals surface area contributed by atoms with Gasteiger partial charge in [-0.15, -0.1) is 10.2 Å². The van der Waals surface area contributed by atoms with Gasteiger partial charge in [-0.2, -0.15) is 0 Å². The van der Waals surface area contributed by atoms with Crippen LogP contribution in [0.2, 0.25) is 0 Å². The van der Waals surface area contributed by atoms with Crippen molar-refractivity contribution < 1.29 is 0 Å². The third kappa shape index (κ3) is 1.46. The first-order valence-electron chi connectivity index (χ1n) is 9.19. The van der Waals surface area contributed by atoms with Crippen molar-refractivity contribution in [2.24, 2.45) is 0 Å². The Morgan fingerprint density at radius 2 is 1.07 bits per heavy atom. The van der Waals surface area contributed by atoms with Crippen LogP contribution in [-0.4, -0.2) is 15.2 Å². The van der Waals surface area contributed by atoms with Gasteiger partial charge in [0.2, 0.25) is 0 Å². The second-order valence-electron chi connectivity index (χ2n) is 7.22. The molecule has 0 saturated heterocycles. The van der Waals surface area contributed by atoms with Crippen LogP contribution in [0.5, 0.6) is 0 Å². The van der Waals surface area contributed by atoms with Crippen molar-refractivity contribution in [3.05, 3.63) is 77.2 Å². The Morgan fingerprint density at radius 3 is 1.82 bits per heavy atom. The molecule has 0 saturated carbocycles. The van der Waals surface area contributed by atoms with Gasteiger partial charge in [0.1, 0.15) is 5.52 Å². The van der Waals surface area contributed by atoms with Crippen LogP contribution in [0.4, 0.5) is 0 Å². The molecule has 28 heavy (non-hydrogen) atoms. The monoisotopic (exact) mass is 357 g/mol. The van der Waals surface area contributed by atoms with Gasteiger partial charge in [-0.05, 0) is 33.0 Å². The van der Waals surface area contributed by atoms with Crippen molar-refractivity contribution in [3.63, 3.8) is 0 Å². The summed E-state index contributed by atoms with van der Waals surface area (Å²) < 4.78 is 0. The van der Waals surface area contributed by atoms with Crippen LogP contribution in [-0.2, 0) is 0 Å². The lowest BCUT2D eigenvalue weighted by Gasteiger charge is -2.00. The lowest BCUT2D eigenvalue weighted by atomic mass is 10.0. The van der Waals surface area contributed by atoms with E-state index in [2.05, 4.69) is 57.6 Å². The topological polar surface area (TPSA) is 55.7 Å². The molecule has 0 aliphatic carbocycles. The molecule has 2 heterocycles. The first-order valence-corrected chi connectivity index (χ1v) is 9.19. The highest BCUT2D eigenvalue weighted by atomic mass is 16.1. The van der Waals surface area contributed by atoms with E-state index in [0.29, 0.717) is 10.9 Å². The van der Waals surface area contributed by atoms with Gasteiger partial charge in [-0.1, -0.05) is 54.6 Å². The van der Waals surface area contributed by atoms with E-state index in [9.17, 15) is 4.79 Å². The fraction of sp³-hybridized carbons (Fsp3) is 0. The van der Waals surface area contributed by atoms with Gasteiger partial charge in [0.25, 0.3) is 5.56 Å². The minimum Gasteiger partial charge on any atom is -0.265 e. The van der Waals surface area contributed by atoms with Gasteiger partial charge in [0.15, 0.2) is 0 Å². The zero-order valence-corrected chi connectivity index (χ0v) is 14.6. The van der Waals surface area contributed by atoms with Gasteiger partial charge in [0, 0.05) is 27.7 Å². The van der Waals surface area contributed by atoms with E-state index in [1.54, 1.807) is 6.20 Å². The molecular formula is C24H11N3O. The predicted molar refractivity (Wildman–Crippen MR) is 114 cm³/mol. The average molecular weight is 357 g/mol. The number of nitrogens with zero attached hydrogens (tertiary/aromatic N) is 3. The van der Waals surface area contributed by atoms with E-state index in [1.807, 2.05) is 18.2 Å². The van der Waals surface area contributed by atoms with Crippen molar-refractivity contribution in [1.82, 2.24) is 15.2 Å². The Kier molecular flexibility index (Phi) is 2.37. The van der Waals surface area contributed by atoms with Crippen molar-refractivity contribution in [2.75, 3.05) is 0 Å². The Bertz CT molecular complexity index is 1790. The van der Waals surface area contributed by atoms with Crippen LogP contribution in [0.25, 0.3) is 64.9 Å². The molecule has 5 aromatic carbocycles. The fourth-order valence-electron chi connectivity index (χ4n) is 4.91. The molecule has 0 unspecified atom stereocenters. The molecule has 0 spiro atoms. The third-order valence-corrected chi connectivity index (χ3v) is 5.93. The van der Waals surface area contributed by atoms with Gasteiger partial charge >= 0.3 is 0 Å². The Hall–Kier alpha value is -3.92. The second kappa shape index (κ2) is 4.67. The van der Waals surface area contributed by atoms with E-state index in [1.165, 1.54) is 0 Å². The molecule has 0 aliphatic rings. The molecular weight excluding hydrogens is 346 g/mol. The van der Waals surface area contributed by atoms with E-state index in [-0.39, 0.29) is 5.56 Å². The summed E-state index contributed by atoms with van der Waals surface area (Å²) in [5, 5.41) is 18.5. The first kappa shape index (κ1) is 14.2. The zero-order chi connectivity index (χ0) is 18.4. The maximum atomic E-state index is 12.8. The van der Waals surface area contributed by atoms with Crippen LogP contribution in [0.15, 0.2) is 71.7 Å². The largest absolute Gasteiger partial charge is 0.298 e. The molecule has 4 nitrogen and oxygen atoms in total. The molecule has 0 atom stereocenters. The smallest absolute Gasteiger partial charge is 0.265 e. The number of fused-ring (bicyclic) bond motifs is 9. The molecule has 0 bridgehead atoms. The van der Waals surface area contributed by atoms with Crippen LogP contribution in [0, 0.1) is 0 Å². The maximum Gasteiger partial charge on any atom is 0.298 e. The standard InChI is InChI=1S/C24H11N3O/c28-24-21-19-14-8-2-1-6-12(14)13-7-3-4-9-15-16-10-5-11-25-22(16)20(18(15)17(13)19)23(21)26-27-24/h1-11H. The number of rotatable bonds is 0. The number of aromatic nitrogens is 3. The lowest BCUT2D eigenvalue weighted by molar-refractivity contribution is 1.08. The van der Waals surface area contributed by atoms with Gasteiger partial charge in [0.05, 0.1) is 10.9 Å². The van der Waals surface area contributed by atoms with Crippen LogP contribution < -0.4 is 5.56 Å². The lowest BCUT2D eigenvalue weighted by Crippen LogP contribution is -1.97. The molecule has 7 aromatic rings. The third-order valence-electron chi connectivity index (χ3n) is 5.93. The minimum absolute atomic E-state index is 0.271. The Morgan fingerprint density at radius 1 is 0.500 bits per heavy atom. The summed E-state index contributed by atoms with van der Waals surface area (Å²) in [7, 11) is 0. The highest BCUT2D eigenvalue weighted by Gasteiger charge is 2.24. The molecule has 2 aromatic heterocycles. The molecule has 0 fully saturated rings. The molecule has 0 radical (unpaired) electrons. The molecule has 128 valence electrons. The highest BCUT2D eigenvalue weighted by Crippen LogP contribution is 2.47. The number of hydrogen-bond donors (Lipinski definition) is 0. The van der Waals surface area contributed by atoms with Crippen molar-refractivity contribution in [2.45, 2.75) is 0 Å². The normalized spacial score (nSPS) is 12.4. The molecule has 7 rings (SSSR count). The van der Waals surface area contributed by atoms with Gasteiger partial charge in [-0.25, -0.2) is 0 Å². The van der Waals surface area contributed by atoms with Gasteiger partial charge in [-0.3, -0.25) is 9.78 Å². The molecule has 0 N–H and O–H groups in total. The van der Waals surface area contributed by atoms with Crippen molar-refractivity contribution >= 4 is 64.9 Å². The van der Waals surface area contributed by atoms with E-state index in [0.717, 1.165) is 54.0 Å². The Balaban J connectivity index is 2.07. The molecule has 0 amide bonds. The van der Waals surface area contributed by atoms with Crippen molar-refractivity contribution in [3.8, 4) is 0 Å². The zero-order valence-electron chi connectivity index (χ0n) is 14.6. The quantitative estimate of drug-likeness (QED) is 0.382. The van der Waals surface area contributed by atoms with Gasteiger partial charge < -0.3 is 0 Å². The second-order valence-corrected chi connectivity index (χ2v) is 7.22.